The molecule has 0 saturated carbocycles. The van der Waals surface area contributed by atoms with Crippen molar-refractivity contribution in [2.45, 2.75) is 26.3 Å². The van der Waals surface area contributed by atoms with Gasteiger partial charge in [-0.2, -0.15) is 4.39 Å². The van der Waals surface area contributed by atoms with Crippen molar-refractivity contribution in [1.29, 1.82) is 0 Å². The van der Waals surface area contributed by atoms with Crippen molar-refractivity contribution < 1.29 is 14.3 Å². The van der Waals surface area contributed by atoms with E-state index in [1.807, 2.05) is 25.1 Å². The van der Waals surface area contributed by atoms with Crippen LogP contribution in [0.5, 0.6) is 0 Å². The minimum absolute atomic E-state index is 0.0516. The first-order valence-corrected chi connectivity index (χ1v) is 11.9. The summed E-state index contributed by atoms with van der Waals surface area (Å²) < 4.78 is 16.1. The fourth-order valence-corrected chi connectivity index (χ4v) is 5.07. The quantitative estimate of drug-likeness (QED) is 0.298. The van der Waals surface area contributed by atoms with E-state index in [-0.39, 0.29) is 24.6 Å². The summed E-state index contributed by atoms with van der Waals surface area (Å²) in [4.78, 5) is 31.5. The van der Waals surface area contributed by atoms with E-state index in [0.717, 1.165) is 26.8 Å². The van der Waals surface area contributed by atoms with E-state index >= 15 is 0 Å². The van der Waals surface area contributed by atoms with Gasteiger partial charge in [0, 0.05) is 37.2 Å². The molecule has 0 aliphatic heterocycles. The number of aliphatic hydroxyl groups excluding tert-OH is 1. The first-order valence-electron chi connectivity index (χ1n) is 11.1. The second-order valence-corrected chi connectivity index (χ2v) is 9.30. The molecule has 4 rings (SSSR count). The van der Waals surface area contributed by atoms with E-state index in [1.54, 1.807) is 47.0 Å². The molecule has 0 radical (unpaired) electrons. The van der Waals surface area contributed by atoms with E-state index in [0.29, 0.717) is 30.0 Å². The maximum Gasteiger partial charge on any atom is 0.264 e. The van der Waals surface area contributed by atoms with Crippen LogP contribution in [0.4, 0.5) is 4.39 Å². The number of halogens is 1. The molecule has 0 fully saturated rings. The summed E-state index contributed by atoms with van der Waals surface area (Å²) in [6.45, 7) is 2.62. The molecule has 4 aromatic rings. The number of rotatable bonds is 8. The van der Waals surface area contributed by atoms with Gasteiger partial charge >= 0.3 is 0 Å². The predicted octanol–water partition coefficient (Wildman–Crippen LogP) is 4.52. The fraction of sp³-hybridized carbons (Fsp3) is 0.269. The van der Waals surface area contributed by atoms with Gasteiger partial charge in [-0.1, -0.05) is 12.1 Å². The molecule has 176 valence electrons. The number of thiophene rings is 1. The smallest absolute Gasteiger partial charge is 0.264 e. The summed E-state index contributed by atoms with van der Waals surface area (Å²) in [6.07, 6.45) is 3.01. The zero-order chi connectivity index (χ0) is 24.2. The number of carbonyl (C=O) groups is 1. The minimum atomic E-state index is -0.579. The number of nitrogens with zero attached hydrogens (tertiary/aromatic N) is 3. The molecular weight excluding hydrogens is 453 g/mol. The van der Waals surface area contributed by atoms with Crippen molar-refractivity contribution in [1.82, 2.24) is 14.5 Å². The molecule has 3 heterocycles. The molecule has 1 amide bonds. The first kappa shape index (κ1) is 23.8. The second-order valence-electron chi connectivity index (χ2n) is 8.24. The third kappa shape index (κ3) is 5.08. The highest BCUT2D eigenvalue weighted by atomic mass is 32.1. The van der Waals surface area contributed by atoms with Gasteiger partial charge in [0.1, 0.15) is 0 Å². The highest BCUT2D eigenvalue weighted by Crippen LogP contribution is 2.35. The molecule has 0 aliphatic carbocycles. The standard InChI is InChI=1S/C26H26FN3O3S/c1-17-21-14-18(19-9-11-24(32)29(2)15-19)8-10-22(21)34-25(17)26(33)30(12-3-4-13-31)16-20-6-5-7-23(27)28-20/h5-11,14-15,31H,3-4,12-13,16H2,1-2H3. The van der Waals surface area contributed by atoms with Gasteiger partial charge in [0.25, 0.3) is 5.91 Å². The average Bonchev–Trinajstić information content (AvgIpc) is 3.15. The Morgan fingerprint density at radius 2 is 1.94 bits per heavy atom. The molecule has 8 heteroatoms. The maximum atomic E-state index is 13.6. The zero-order valence-corrected chi connectivity index (χ0v) is 19.9. The van der Waals surface area contributed by atoms with Crippen molar-refractivity contribution in [2.24, 2.45) is 7.05 Å². The van der Waals surface area contributed by atoms with E-state index in [9.17, 15) is 19.1 Å². The lowest BCUT2D eigenvalue weighted by atomic mass is 10.0. The number of unbranched alkanes of at least 4 members (excludes halogenated alkanes) is 1. The van der Waals surface area contributed by atoms with Crippen molar-refractivity contribution in [2.75, 3.05) is 13.2 Å². The van der Waals surface area contributed by atoms with Crippen molar-refractivity contribution in [3.8, 4) is 11.1 Å². The third-order valence-electron chi connectivity index (χ3n) is 5.80. The van der Waals surface area contributed by atoms with E-state index < -0.39 is 5.95 Å². The number of pyridine rings is 2. The number of carbonyl (C=O) groups excluding carboxylic acids is 1. The number of benzene rings is 1. The molecule has 0 aliphatic rings. The Hall–Kier alpha value is -3.36. The van der Waals surface area contributed by atoms with Crippen LogP contribution in [0.25, 0.3) is 21.2 Å². The number of aromatic nitrogens is 2. The highest BCUT2D eigenvalue weighted by Gasteiger charge is 2.22. The lowest BCUT2D eigenvalue weighted by Gasteiger charge is -2.22. The van der Waals surface area contributed by atoms with Crippen molar-refractivity contribution in [3.63, 3.8) is 0 Å². The maximum absolute atomic E-state index is 13.6. The van der Waals surface area contributed by atoms with Crippen LogP contribution in [0.15, 0.2) is 59.5 Å². The summed E-state index contributed by atoms with van der Waals surface area (Å²) in [6, 6.07) is 13.9. The Balaban J connectivity index is 1.67. The van der Waals surface area contributed by atoms with Crippen LogP contribution in [0, 0.1) is 12.9 Å². The van der Waals surface area contributed by atoms with Gasteiger partial charge in [-0.25, -0.2) is 4.98 Å². The van der Waals surface area contributed by atoms with Crippen LogP contribution in [0.2, 0.25) is 0 Å². The third-order valence-corrected chi connectivity index (χ3v) is 7.06. The van der Waals surface area contributed by atoms with Gasteiger partial charge in [-0.05, 0) is 72.2 Å². The average molecular weight is 480 g/mol. The minimum Gasteiger partial charge on any atom is -0.396 e. The van der Waals surface area contributed by atoms with Crippen LogP contribution in [0.3, 0.4) is 0 Å². The molecule has 1 N–H and O–H groups in total. The number of hydrogen-bond acceptors (Lipinski definition) is 5. The lowest BCUT2D eigenvalue weighted by molar-refractivity contribution is 0.0739. The highest BCUT2D eigenvalue weighted by molar-refractivity contribution is 7.21. The van der Waals surface area contributed by atoms with Gasteiger partial charge in [-0.15, -0.1) is 11.3 Å². The lowest BCUT2D eigenvalue weighted by Crippen LogP contribution is -2.32. The first-order chi connectivity index (χ1) is 16.4. The van der Waals surface area contributed by atoms with Crippen LogP contribution >= 0.6 is 11.3 Å². The van der Waals surface area contributed by atoms with Gasteiger partial charge in [0.15, 0.2) is 0 Å². The van der Waals surface area contributed by atoms with E-state index in [4.69, 9.17) is 0 Å². The summed E-state index contributed by atoms with van der Waals surface area (Å²) >= 11 is 1.43. The number of aliphatic hydroxyl groups is 1. The number of aryl methyl sites for hydroxylation is 2. The largest absolute Gasteiger partial charge is 0.396 e. The number of hydrogen-bond donors (Lipinski definition) is 1. The van der Waals surface area contributed by atoms with Crippen molar-refractivity contribution in [3.05, 3.63) is 87.2 Å². The van der Waals surface area contributed by atoms with Crippen LogP contribution in [-0.2, 0) is 13.6 Å². The van der Waals surface area contributed by atoms with Gasteiger partial charge in [0.2, 0.25) is 11.5 Å². The topological polar surface area (TPSA) is 75.4 Å². The van der Waals surface area contributed by atoms with Gasteiger partial charge in [0.05, 0.1) is 17.1 Å². The zero-order valence-electron chi connectivity index (χ0n) is 19.1. The number of fused-ring (bicyclic) bond motifs is 1. The second kappa shape index (κ2) is 10.3. The Bertz CT molecular complexity index is 1400. The SMILES string of the molecule is Cc1c(C(=O)N(CCCCO)Cc2cccc(F)n2)sc2ccc(-c3ccc(=O)n(C)c3)cc12. The Kier molecular flexibility index (Phi) is 7.19. The van der Waals surface area contributed by atoms with Crippen LogP contribution in [-0.4, -0.2) is 38.6 Å². The number of amides is 1. The Morgan fingerprint density at radius 3 is 2.68 bits per heavy atom. The molecule has 0 spiro atoms. The van der Waals surface area contributed by atoms with Crippen LogP contribution in [0.1, 0.15) is 33.8 Å². The molecule has 34 heavy (non-hydrogen) atoms. The molecule has 6 nitrogen and oxygen atoms in total. The van der Waals surface area contributed by atoms with Crippen LogP contribution < -0.4 is 5.56 Å². The van der Waals surface area contributed by atoms with Gasteiger partial charge in [-0.3, -0.25) is 9.59 Å². The van der Waals surface area contributed by atoms with Gasteiger partial charge < -0.3 is 14.6 Å². The summed E-state index contributed by atoms with van der Waals surface area (Å²) in [5, 5.41) is 10.2. The molecule has 0 atom stereocenters. The summed E-state index contributed by atoms with van der Waals surface area (Å²) in [5.74, 6) is -0.712. The molecule has 0 bridgehead atoms. The molecule has 0 saturated heterocycles. The van der Waals surface area contributed by atoms with E-state index in [2.05, 4.69) is 4.98 Å². The molecule has 1 aromatic carbocycles. The molecule has 0 unspecified atom stereocenters. The Labute approximate surface area is 200 Å². The predicted molar refractivity (Wildman–Crippen MR) is 132 cm³/mol. The van der Waals surface area contributed by atoms with E-state index in [1.165, 1.54) is 17.4 Å². The Morgan fingerprint density at radius 1 is 1.15 bits per heavy atom. The summed E-state index contributed by atoms with van der Waals surface area (Å²) in [7, 11) is 1.72. The molecule has 3 aromatic heterocycles. The fourth-order valence-electron chi connectivity index (χ4n) is 3.91. The monoisotopic (exact) mass is 479 g/mol. The normalized spacial score (nSPS) is 11.2. The van der Waals surface area contributed by atoms with Crippen molar-refractivity contribution >= 4 is 27.3 Å². The molecular formula is C26H26FN3O3S. The summed E-state index contributed by atoms with van der Waals surface area (Å²) in [5.41, 5.74) is 3.18.